The van der Waals surface area contributed by atoms with Crippen molar-refractivity contribution in [3.05, 3.63) is 12.2 Å². The minimum Gasteiger partial charge on any atom is -0.479 e. The third-order valence-corrected chi connectivity index (χ3v) is 4.70. The molecule has 1 aliphatic carbocycles. The molecule has 1 amide bonds. The lowest BCUT2D eigenvalue weighted by Gasteiger charge is -2.34. The molecule has 0 heterocycles. The molecule has 1 rings (SSSR count). The van der Waals surface area contributed by atoms with E-state index in [4.69, 9.17) is 21.7 Å². The number of rotatable bonds is 6. The summed E-state index contributed by atoms with van der Waals surface area (Å²) in [4.78, 5) is 25.9. The van der Waals surface area contributed by atoms with E-state index in [1.165, 1.54) is 23.8 Å². The minimum absolute atomic E-state index is 0.0728. The van der Waals surface area contributed by atoms with E-state index in [2.05, 4.69) is 0 Å². The van der Waals surface area contributed by atoms with E-state index < -0.39 is 12.1 Å². The van der Waals surface area contributed by atoms with E-state index in [9.17, 15) is 9.59 Å². The summed E-state index contributed by atoms with van der Waals surface area (Å²) in [6.07, 6.45) is 6.39. The standard InChI is InChI=1S/C15H23NO4S2/c1-4-20-15(21)22-10-13(17)11(2)16(14(18)19-3)12-8-6-5-7-9-12/h6,8,11-12H,4-5,7,9-10H2,1-3H3. The van der Waals surface area contributed by atoms with Gasteiger partial charge in [0.2, 0.25) is 4.38 Å². The molecule has 0 saturated heterocycles. The third kappa shape index (κ3) is 5.61. The van der Waals surface area contributed by atoms with Crippen LogP contribution in [0.1, 0.15) is 33.1 Å². The van der Waals surface area contributed by atoms with Crippen molar-refractivity contribution in [3.63, 3.8) is 0 Å². The molecule has 0 aromatic heterocycles. The second-order valence-corrected chi connectivity index (χ2v) is 6.50. The zero-order chi connectivity index (χ0) is 16.5. The molecular formula is C15H23NO4S2. The average molecular weight is 345 g/mol. The van der Waals surface area contributed by atoms with Crippen molar-refractivity contribution in [1.29, 1.82) is 0 Å². The maximum Gasteiger partial charge on any atom is 0.410 e. The van der Waals surface area contributed by atoms with E-state index >= 15 is 0 Å². The Bertz CT molecular complexity index is 439. The van der Waals surface area contributed by atoms with Crippen molar-refractivity contribution >= 4 is 40.2 Å². The molecule has 1 aliphatic rings. The summed E-state index contributed by atoms with van der Waals surface area (Å²) in [6, 6.07) is -0.652. The molecule has 124 valence electrons. The van der Waals surface area contributed by atoms with Crippen LogP contribution in [-0.2, 0) is 14.3 Å². The molecule has 2 unspecified atom stereocenters. The van der Waals surface area contributed by atoms with Crippen molar-refractivity contribution in [2.24, 2.45) is 0 Å². The van der Waals surface area contributed by atoms with Crippen LogP contribution in [0.25, 0.3) is 0 Å². The van der Waals surface area contributed by atoms with Gasteiger partial charge in [0.1, 0.15) is 0 Å². The van der Waals surface area contributed by atoms with Crippen LogP contribution in [0.15, 0.2) is 12.2 Å². The number of ether oxygens (including phenoxy) is 2. The number of allylic oxidation sites excluding steroid dienone is 1. The highest BCUT2D eigenvalue weighted by Gasteiger charge is 2.32. The SMILES string of the molecule is CCOC(=S)SCC(=O)C(C)N(C(=O)OC)C1C=CCCC1. The summed E-state index contributed by atoms with van der Waals surface area (Å²) in [6.45, 7) is 4.05. The lowest BCUT2D eigenvalue weighted by molar-refractivity contribution is -0.121. The molecular weight excluding hydrogens is 322 g/mol. The molecule has 0 saturated carbocycles. The van der Waals surface area contributed by atoms with Crippen LogP contribution in [-0.4, -0.2) is 52.7 Å². The molecule has 0 radical (unpaired) electrons. The predicted molar refractivity (Wildman–Crippen MR) is 92.2 cm³/mol. The number of carbonyl (C=O) groups is 2. The normalized spacial score (nSPS) is 18.4. The van der Waals surface area contributed by atoms with Gasteiger partial charge in [0.15, 0.2) is 5.78 Å². The lowest BCUT2D eigenvalue weighted by atomic mass is 9.99. The predicted octanol–water partition coefficient (Wildman–Crippen LogP) is 3.18. The minimum atomic E-state index is -0.558. The smallest absolute Gasteiger partial charge is 0.410 e. The number of carbonyl (C=O) groups excluding carboxylic acids is 2. The molecule has 0 fully saturated rings. The fourth-order valence-electron chi connectivity index (χ4n) is 2.28. The monoisotopic (exact) mass is 345 g/mol. The molecule has 0 spiro atoms. The number of amides is 1. The highest BCUT2D eigenvalue weighted by Crippen LogP contribution is 2.21. The van der Waals surface area contributed by atoms with Gasteiger partial charge >= 0.3 is 6.09 Å². The van der Waals surface area contributed by atoms with Gasteiger partial charge in [0.05, 0.1) is 31.6 Å². The van der Waals surface area contributed by atoms with Gasteiger partial charge in [-0.05, 0) is 45.3 Å². The number of methoxy groups -OCH3 is 1. The fraction of sp³-hybridized carbons (Fsp3) is 0.667. The molecule has 7 heteroatoms. The third-order valence-electron chi connectivity index (χ3n) is 3.45. The number of thioether (sulfide) groups is 1. The van der Waals surface area contributed by atoms with Gasteiger partial charge in [-0.15, -0.1) is 0 Å². The van der Waals surface area contributed by atoms with Gasteiger partial charge in [0.25, 0.3) is 0 Å². The first kappa shape index (κ1) is 19.0. The number of hydrogen-bond acceptors (Lipinski definition) is 6. The molecule has 0 aliphatic heterocycles. The van der Waals surface area contributed by atoms with Crippen LogP contribution < -0.4 is 0 Å². The van der Waals surface area contributed by atoms with Gasteiger partial charge < -0.3 is 9.47 Å². The Labute approximate surface area is 141 Å². The number of thiocarbonyl (C=S) groups is 1. The second kappa shape index (κ2) is 9.84. The van der Waals surface area contributed by atoms with Crippen LogP contribution in [0.4, 0.5) is 4.79 Å². The molecule has 2 atom stereocenters. The van der Waals surface area contributed by atoms with Crippen molar-refractivity contribution in [1.82, 2.24) is 4.90 Å². The van der Waals surface area contributed by atoms with E-state index in [1.807, 2.05) is 19.1 Å². The Morgan fingerprint density at radius 2 is 2.23 bits per heavy atom. The molecule has 22 heavy (non-hydrogen) atoms. The summed E-state index contributed by atoms with van der Waals surface area (Å²) >= 11 is 6.18. The van der Waals surface area contributed by atoms with Crippen molar-refractivity contribution in [2.45, 2.75) is 45.2 Å². The largest absolute Gasteiger partial charge is 0.479 e. The van der Waals surface area contributed by atoms with Crippen molar-refractivity contribution < 1.29 is 19.1 Å². The molecule has 5 nitrogen and oxygen atoms in total. The Kier molecular flexibility index (Phi) is 8.48. The van der Waals surface area contributed by atoms with Crippen LogP contribution in [0, 0.1) is 0 Å². The Hall–Kier alpha value is -1.08. The summed E-state index contributed by atoms with van der Waals surface area (Å²) in [5.41, 5.74) is 0. The maximum atomic E-state index is 12.3. The fourth-order valence-corrected chi connectivity index (χ4v) is 3.27. The van der Waals surface area contributed by atoms with Crippen LogP contribution in [0.3, 0.4) is 0 Å². The topological polar surface area (TPSA) is 55.8 Å². The maximum absolute atomic E-state index is 12.3. The van der Waals surface area contributed by atoms with E-state index in [0.29, 0.717) is 11.0 Å². The molecule has 0 N–H and O–H groups in total. The summed E-state index contributed by atoms with van der Waals surface area (Å²) in [5, 5.41) is 0. The summed E-state index contributed by atoms with van der Waals surface area (Å²) in [5.74, 6) is 0.112. The second-order valence-electron chi connectivity index (χ2n) is 4.92. The Balaban J connectivity index is 2.70. The van der Waals surface area contributed by atoms with Gasteiger partial charge in [-0.3, -0.25) is 9.69 Å². The quantitative estimate of drug-likeness (QED) is 0.544. The van der Waals surface area contributed by atoms with Crippen molar-refractivity contribution in [3.8, 4) is 0 Å². The average Bonchev–Trinajstić information content (AvgIpc) is 2.53. The zero-order valence-electron chi connectivity index (χ0n) is 13.2. The number of Topliss-reactive ketones (excluding diaryl/α,β-unsaturated/α-hetero) is 1. The first-order valence-electron chi connectivity index (χ1n) is 7.36. The van der Waals surface area contributed by atoms with Gasteiger partial charge in [-0.1, -0.05) is 23.9 Å². The molecule has 0 bridgehead atoms. The van der Waals surface area contributed by atoms with Crippen LogP contribution in [0.5, 0.6) is 0 Å². The van der Waals surface area contributed by atoms with E-state index in [0.717, 1.165) is 19.3 Å². The molecule has 0 aromatic rings. The van der Waals surface area contributed by atoms with Gasteiger partial charge in [-0.25, -0.2) is 4.79 Å². The zero-order valence-corrected chi connectivity index (χ0v) is 14.9. The lowest BCUT2D eigenvalue weighted by Crippen LogP contribution is -2.49. The number of hydrogen-bond donors (Lipinski definition) is 0. The Morgan fingerprint density at radius 1 is 1.50 bits per heavy atom. The highest BCUT2D eigenvalue weighted by atomic mass is 32.2. The van der Waals surface area contributed by atoms with E-state index in [-0.39, 0.29) is 17.6 Å². The molecule has 0 aromatic carbocycles. The van der Waals surface area contributed by atoms with Crippen molar-refractivity contribution in [2.75, 3.05) is 19.5 Å². The Morgan fingerprint density at radius 3 is 2.77 bits per heavy atom. The highest BCUT2D eigenvalue weighted by molar-refractivity contribution is 8.23. The van der Waals surface area contributed by atoms with E-state index in [1.54, 1.807) is 6.92 Å². The first-order valence-corrected chi connectivity index (χ1v) is 8.75. The summed E-state index contributed by atoms with van der Waals surface area (Å²) < 4.78 is 10.3. The first-order chi connectivity index (χ1) is 10.5. The van der Waals surface area contributed by atoms with Crippen LogP contribution in [0.2, 0.25) is 0 Å². The van der Waals surface area contributed by atoms with Gasteiger partial charge in [0, 0.05) is 0 Å². The van der Waals surface area contributed by atoms with Gasteiger partial charge in [-0.2, -0.15) is 0 Å². The van der Waals surface area contributed by atoms with Crippen LogP contribution >= 0.6 is 24.0 Å². The number of ketones is 1. The number of nitrogens with zero attached hydrogens (tertiary/aromatic N) is 1. The summed E-state index contributed by atoms with van der Waals surface area (Å²) in [7, 11) is 1.33.